The third kappa shape index (κ3) is 1.90. The van der Waals surface area contributed by atoms with E-state index >= 15 is 0 Å². The van der Waals surface area contributed by atoms with E-state index in [1.54, 1.807) is 0 Å². The first-order valence-electron chi connectivity index (χ1n) is 6.41. The van der Waals surface area contributed by atoms with Gasteiger partial charge in [0.15, 0.2) is 0 Å². The molecule has 1 aliphatic carbocycles. The first-order valence-corrected chi connectivity index (χ1v) is 6.79. The molecule has 2 unspecified atom stereocenters. The van der Waals surface area contributed by atoms with E-state index in [-0.39, 0.29) is 5.41 Å². The number of rotatable bonds is 4. The van der Waals surface area contributed by atoms with Crippen LogP contribution in [0, 0.1) is 11.3 Å². The standard InChI is InChI=1S/C15H22ClN/c1-5-17-10-13-14(2,3)15(13,4)11-6-8-12(16)9-7-11/h6-9,13,17H,5,10H2,1-4H3. The lowest BCUT2D eigenvalue weighted by atomic mass is 9.90. The van der Waals surface area contributed by atoms with Gasteiger partial charge in [0, 0.05) is 10.4 Å². The van der Waals surface area contributed by atoms with Gasteiger partial charge < -0.3 is 5.32 Å². The summed E-state index contributed by atoms with van der Waals surface area (Å²) in [6.07, 6.45) is 0. The third-order valence-electron chi connectivity index (χ3n) is 4.87. The van der Waals surface area contributed by atoms with Crippen LogP contribution in [0.3, 0.4) is 0 Å². The van der Waals surface area contributed by atoms with Crippen LogP contribution in [0.15, 0.2) is 24.3 Å². The van der Waals surface area contributed by atoms with Gasteiger partial charge in [-0.3, -0.25) is 0 Å². The smallest absolute Gasteiger partial charge is 0.0406 e. The Morgan fingerprint density at radius 2 is 1.76 bits per heavy atom. The highest BCUT2D eigenvalue weighted by Gasteiger charge is 2.67. The van der Waals surface area contributed by atoms with Gasteiger partial charge in [-0.05, 0) is 42.1 Å². The van der Waals surface area contributed by atoms with Crippen LogP contribution in [0.2, 0.25) is 5.02 Å². The first-order chi connectivity index (χ1) is 7.94. The van der Waals surface area contributed by atoms with E-state index in [4.69, 9.17) is 11.6 Å². The quantitative estimate of drug-likeness (QED) is 0.857. The Kier molecular flexibility index (Phi) is 3.26. The van der Waals surface area contributed by atoms with Crippen LogP contribution in [0.4, 0.5) is 0 Å². The number of hydrogen-bond acceptors (Lipinski definition) is 1. The summed E-state index contributed by atoms with van der Waals surface area (Å²) < 4.78 is 0. The first kappa shape index (κ1) is 12.9. The van der Waals surface area contributed by atoms with Gasteiger partial charge >= 0.3 is 0 Å². The van der Waals surface area contributed by atoms with Crippen molar-refractivity contribution in [2.24, 2.45) is 11.3 Å². The molecule has 2 heteroatoms. The van der Waals surface area contributed by atoms with Crippen molar-refractivity contribution in [2.45, 2.75) is 33.1 Å². The van der Waals surface area contributed by atoms with Crippen molar-refractivity contribution in [1.82, 2.24) is 5.32 Å². The van der Waals surface area contributed by atoms with Crippen LogP contribution in [0.1, 0.15) is 33.3 Å². The van der Waals surface area contributed by atoms with E-state index in [1.807, 2.05) is 12.1 Å². The number of hydrogen-bond donors (Lipinski definition) is 1. The molecular formula is C15H22ClN. The second-order valence-electron chi connectivity index (χ2n) is 5.79. The maximum atomic E-state index is 5.96. The molecule has 0 heterocycles. The topological polar surface area (TPSA) is 12.0 Å². The third-order valence-corrected chi connectivity index (χ3v) is 5.12. The maximum absolute atomic E-state index is 5.96. The summed E-state index contributed by atoms with van der Waals surface area (Å²) in [6.45, 7) is 11.4. The molecule has 0 spiro atoms. The minimum absolute atomic E-state index is 0.278. The van der Waals surface area contributed by atoms with Crippen molar-refractivity contribution in [2.75, 3.05) is 13.1 Å². The zero-order chi connectivity index (χ0) is 12.7. The molecule has 1 nitrogen and oxygen atoms in total. The molecule has 1 aromatic carbocycles. The van der Waals surface area contributed by atoms with Crippen LogP contribution in [0.5, 0.6) is 0 Å². The highest BCUT2D eigenvalue weighted by molar-refractivity contribution is 6.30. The Balaban J connectivity index is 2.22. The molecule has 1 N–H and O–H groups in total. The van der Waals surface area contributed by atoms with E-state index in [0.29, 0.717) is 11.3 Å². The Labute approximate surface area is 110 Å². The minimum atomic E-state index is 0.278. The average molecular weight is 252 g/mol. The molecule has 1 aliphatic rings. The summed E-state index contributed by atoms with van der Waals surface area (Å²) in [6, 6.07) is 8.35. The Morgan fingerprint density at radius 3 is 2.29 bits per heavy atom. The van der Waals surface area contributed by atoms with Gasteiger partial charge in [0.25, 0.3) is 0 Å². The SMILES string of the molecule is CCNCC1C(C)(C)C1(C)c1ccc(Cl)cc1. The monoisotopic (exact) mass is 251 g/mol. The van der Waals surface area contributed by atoms with Crippen molar-refractivity contribution in [3.05, 3.63) is 34.9 Å². The van der Waals surface area contributed by atoms with Crippen LogP contribution in [-0.4, -0.2) is 13.1 Å². The van der Waals surface area contributed by atoms with Crippen LogP contribution < -0.4 is 5.32 Å². The molecule has 1 aromatic rings. The molecule has 1 saturated carbocycles. The molecule has 17 heavy (non-hydrogen) atoms. The van der Waals surface area contributed by atoms with Crippen molar-refractivity contribution in [3.63, 3.8) is 0 Å². The van der Waals surface area contributed by atoms with Gasteiger partial charge in [0.05, 0.1) is 0 Å². The molecule has 0 saturated heterocycles. The second kappa shape index (κ2) is 4.29. The van der Waals surface area contributed by atoms with Crippen molar-refractivity contribution in [3.8, 4) is 0 Å². The summed E-state index contributed by atoms with van der Waals surface area (Å²) in [5, 5.41) is 4.29. The lowest BCUT2D eigenvalue weighted by molar-refractivity contribution is 0.509. The lowest BCUT2D eigenvalue weighted by Gasteiger charge is -2.15. The number of halogens is 1. The molecular weight excluding hydrogens is 230 g/mol. The summed E-state index contributed by atoms with van der Waals surface area (Å²) in [5.41, 5.74) is 2.05. The molecule has 0 aromatic heterocycles. The van der Waals surface area contributed by atoms with E-state index in [1.165, 1.54) is 5.56 Å². The molecule has 0 bridgehead atoms. The Hall–Kier alpha value is -0.530. The van der Waals surface area contributed by atoms with E-state index in [2.05, 4.69) is 45.1 Å². The van der Waals surface area contributed by atoms with Gasteiger partial charge in [-0.25, -0.2) is 0 Å². The Morgan fingerprint density at radius 1 is 1.18 bits per heavy atom. The highest BCUT2D eigenvalue weighted by atomic mass is 35.5. The van der Waals surface area contributed by atoms with E-state index in [9.17, 15) is 0 Å². The molecule has 0 radical (unpaired) electrons. The maximum Gasteiger partial charge on any atom is 0.0406 e. The van der Waals surface area contributed by atoms with E-state index < -0.39 is 0 Å². The number of benzene rings is 1. The molecule has 0 aliphatic heterocycles. The molecule has 2 rings (SSSR count). The fourth-order valence-electron chi connectivity index (χ4n) is 3.22. The van der Waals surface area contributed by atoms with Gasteiger partial charge in [-0.15, -0.1) is 0 Å². The Bertz CT molecular complexity index is 396. The minimum Gasteiger partial charge on any atom is -0.317 e. The van der Waals surface area contributed by atoms with Gasteiger partial charge in [0.2, 0.25) is 0 Å². The lowest BCUT2D eigenvalue weighted by Crippen LogP contribution is -2.19. The largest absolute Gasteiger partial charge is 0.317 e. The predicted octanol–water partition coefficient (Wildman–Crippen LogP) is 3.86. The van der Waals surface area contributed by atoms with Crippen molar-refractivity contribution >= 4 is 11.6 Å². The molecule has 94 valence electrons. The summed E-state index contributed by atoms with van der Waals surface area (Å²) in [5.74, 6) is 0.705. The summed E-state index contributed by atoms with van der Waals surface area (Å²) in [4.78, 5) is 0. The fourth-order valence-corrected chi connectivity index (χ4v) is 3.34. The molecule has 2 atom stereocenters. The van der Waals surface area contributed by atoms with Gasteiger partial charge in [-0.2, -0.15) is 0 Å². The van der Waals surface area contributed by atoms with Crippen molar-refractivity contribution in [1.29, 1.82) is 0 Å². The predicted molar refractivity (Wildman–Crippen MR) is 74.6 cm³/mol. The second-order valence-corrected chi connectivity index (χ2v) is 6.23. The normalized spacial score (nSPS) is 30.3. The average Bonchev–Trinajstić information content (AvgIpc) is 2.72. The van der Waals surface area contributed by atoms with Crippen LogP contribution in [-0.2, 0) is 5.41 Å². The highest BCUT2D eigenvalue weighted by Crippen LogP contribution is 2.68. The van der Waals surface area contributed by atoms with Gasteiger partial charge in [0.1, 0.15) is 0 Å². The van der Waals surface area contributed by atoms with Crippen LogP contribution >= 0.6 is 11.6 Å². The van der Waals surface area contributed by atoms with Crippen LogP contribution in [0.25, 0.3) is 0 Å². The zero-order valence-electron chi connectivity index (χ0n) is 11.2. The van der Waals surface area contributed by atoms with E-state index in [0.717, 1.165) is 18.1 Å². The zero-order valence-corrected chi connectivity index (χ0v) is 11.9. The summed E-state index contributed by atoms with van der Waals surface area (Å²) >= 11 is 5.96. The molecule has 0 amide bonds. The van der Waals surface area contributed by atoms with Gasteiger partial charge in [-0.1, -0.05) is 51.4 Å². The molecule has 1 fully saturated rings. The summed E-state index contributed by atoms with van der Waals surface area (Å²) in [7, 11) is 0. The van der Waals surface area contributed by atoms with Crippen molar-refractivity contribution < 1.29 is 0 Å². The number of nitrogens with one attached hydrogen (secondary N) is 1. The fraction of sp³-hybridized carbons (Fsp3) is 0.600.